The summed E-state index contributed by atoms with van der Waals surface area (Å²) in [6.07, 6.45) is 0. The van der Waals surface area contributed by atoms with Crippen LogP contribution >= 0.6 is 0 Å². The quantitative estimate of drug-likeness (QED) is 0.651. The maximum atomic E-state index is 11.7. The molecular formula is C11H12N2O4. The van der Waals surface area contributed by atoms with Gasteiger partial charge in [-0.25, -0.2) is 4.79 Å². The Kier molecular flexibility index (Phi) is 2.42. The van der Waals surface area contributed by atoms with Crippen molar-refractivity contribution in [2.75, 3.05) is 7.11 Å². The highest BCUT2D eigenvalue weighted by atomic mass is 16.5. The van der Waals surface area contributed by atoms with Crippen molar-refractivity contribution in [1.82, 2.24) is 10.6 Å². The minimum absolute atomic E-state index is 0.0235. The number of nitrogens with one attached hydrogen (secondary N) is 2. The zero-order chi connectivity index (χ0) is 12.6. The fraction of sp³-hybridized carbons (Fsp3) is 0.273. The Morgan fingerprint density at radius 1 is 1.35 bits per heavy atom. The Morgan fingerprint density at radius 3 is 2.59 bits per heavy atom. The predicted octanol–water partition coefficient (Wildman–Crippen LogP) is 0.455. The summed E-state index contributed by atoms with van der Waals surface area (Å²) in [5.41, 5.74) is -0.603. The number of imide groups is 1. The van der Waals surface area contributed by atoms with E-state index >= 15 is 0 Å². The van der Waals surface area contributed by atoms with Crippen LogP contribution in [0.5, 0.6) is 11.5 Å². The number of rotatable bonds is 2. The van der Waals surface area contributed by atoms with Crippen molar-refractivity contribution in [2.24, 2.45) is 0 Å². The molecule has 1 unspecified atom stereocenters. The van der Waals surface area contributed by atoms with Gasteiger partial charge in [-0.05, 0) is 24.6 Å². The van der Waals surface area contributed by atoms with Crippen LogP contribution in [-0.4, -0.2) is 24.2 Å². The molecule has 1 aliphatic heterocycles. The van der Waals surface area contributed by atoms with Crippen molar-refractivity contribution in [2.45, 2.75) is 12.5 Å². The summed E-state index contributed by atoms with van der Waals surface area (Å²) < 4.78 is 4.96. The number of phenols is 1. The van der Waals surface area contributed by atoms with Crippen molar-refractivity contribution in [3.8, 4) is 11.5 Å². The van der Waals surface area contributed by atoms with Crippen LogP contribution in [0.3, 0.4) is 0 Å². The normalized spacial score (nSPS) is 23.2. The van der Waals surface area contributed by atoms with Gasteiger partial charge in [0, 0.05) is 0 Å². The number of aromatic hydroxyl groups is 1. The number of carbonyl (C=O) groups excluding carboxylic acids is 2. The van der Waals surface area contributed by atoms with Crippen molar-refractivity contribution >= 4 is 11.9 Å². The van der Waals surface area contributed by atoms with E-state index in [1.54, 1.807) is 13.0 Å². The van der Waals surface area contributed by atoms with E-state index in [9.17, 15) is 14.7 Å². The van der Waals surface area contributed by atoms with E-state index in [1.807, 2.05) is 0 Å². The van der Waals surface area contributed by atoms with E-state index in [2.05, 4.69) is 10.6 Å². The van der Waals surface area contributed by atoms with Crippen LogP contribution < -0.4 is 15.4 Å². The molecule has 2 rings (SSSR count). The number of hydrogen-bond acceptors (Lipinski definition) is 4. The number of carbonyl (C=O) groups is 2. The lowest BCUT2D eigenvalue weighted by Gasteiger charge is -2.21. The van der Waals surface area contributed by atoms with Crippen molar-refractivity contribution in [1.29, 1.82) is 0 Å². The Hall–Kier alpha value is -2.24. The van der Waals surface area contributed by atoms with E-state index in [0.717, 1.165) is 0 Å². The first kappa shape index (κ1) is 11.3. The van der Waals surface area contributed by atoms with Gasteiger partial charge in [-0.15, -0.1) is 0 Å². The molecule has 1 aliphatic rings. The molecule has 0 spiro atoms. The van der Waals surface area contributed by atoms with E-state index in [1.165, 1.54) is 19.2 Å². The standard InChI is InChI=1S/C11H12N2O4/c1-11(9(15)12-10(16)13-11)6-3-4-7(14)8(5-6)17-2/h3-5,14H,1-2H3,(H2,12,13,15,16). The summed E-state index contributed by atoms with van der Waals surface area (Å²) in [4.78, 5) is 22.8. The molecule has 1 atom stereocenters. The SMILES string of the molecule is COc1cc(C2(C)NC(=O)NC2=O)ccc1O. The molecular weight excluding hydrogens is 224 g/mol. The smallest absolute Gasteiger partial charge is 0.322 e. The van der Waals surface area contributed by atoms with Gasteiger partial charge in [0.2, 0.25) is 0 Å². The molecule has 0 aliphatic carbocycles. The molecule has 1 aromatic carbocycles. The van der Waals surface area contributed by atoms with Gasteiger partial charge in [-0.1, -0.05) is 6.07 Å². The van der Waals surface area contributed by atoms with Crippen LogP contribution in [0.25, 0.3) is 0 Å². The molecule has 1 heterocycles. The Labute approximate surface area is 97.6 Å². The highest BCUT2D eigenvalue weighted by Gasteiger charge is 2.43. The van der Waals surface area contributed by atoms with Gasteiger partial charge >= 0.3 is 6.03 Å². The predicted molar refractivity (Wildman–Crippen MR) is 58.7 cm³/mol. The first-order valence-corrected chi connectivity index (χ1v) is 4.98. The minimum Gasteiger partial charge on any atom is -0.504 e. The van der Waals surface area contributed by atoms with Gasteiger partial charge in [-0.3, -0.25) is 10.1 Å². The average Bonchev–Trinajstić information content (AvgIpc) is 2.54. The summed E-state index contributed by atoms with van der Waals surface area (Å²) in [6.45, 7) is 1.58. The molecule has 0 aromatic heterocycles. The average molecular weight is 236 g/mol. The van der Waals surface area contributed by atoms with Gasteiger partial charge in [0.25, 0.3) is 5.91 Å². The molecule has 1 saturated heterocycles. The highest BCUT2D eigenvalue weighted by molar-refractivity contribution is 6.07. The third kappa shape index (κ3) is 1.67. The molecule has 90 valence electrons. The lowest BCUT2D eigenvalue weighted by atomic mass is 9.92. The van der Waals surface area contributed by atoms with Crippen LogP contribution in [0.1, 0.15) is 12.5 Å². The van der Waals surface area contributed by atoms with Gasteiger partial charge in [-0.2, -0.15) is 0 Å². The van der Waals surface area contributed by atoms with Crippen LogP contribution in [0.4, 0.5) is 4.79 Å². The fourth-order valence-corrected chi connectivity index (χ4v) is 1.74. The molecule has 1 fully saturated rings. The van der Waals surface area contributed by atoms with E-state index < -0.39 is 17.5 Å². The molecule has 6 nitrogen and oxygen atoms in total. The Balaban J connectivity index is 2.47. The second-order valence-corrected chi connectivity index (χ2v) is 3.92. The molecule has 1 aromatic rings. The number of amides is 3. The third-order valence-electron chi connectivity index (χ3n) is 2.80. The molecule has 0 saturated carbocycles. The Bertz CT molecular complexity index is 500. The number of phenolic OH excluding ortho intramolecular Hbond substituents is 1. The van der Waals surface area contributed by atoms with E-state index in [0.29, 0.717) is 5.56 Å². The minimum atomic E-state index is -1.14. The zero-order valence-electron chi connectivity index (χ0n) is 9.40. The van der Waals surface area contributed by atoms with E-state index in [4.69, 9.17) is 4.74 Å². The molecule has 17 heavy (non-hydrogen) atoms. The summed E-state index contributed by atoms with van der Waals surface area (Å²) in [5.74, 6) is -0.211. The number of benzene rings is 1. The van der Waals surface area contributed by atoms with Crippen LogP contribution in [0.2, 0.25) is 0 Å². The van der Waals surface area contributed by atoms with E-state index in [-0.39, 0.29) is 11.5 Å². The van der Waals surface area contributed by atoms with Crippen molar-refractivity contribution in [3.05, 3.63) is 23.8 Å². The van der Waals surface area contributed by atoms with Crippen LogP contribution in [0, 0.1) is 0 Å². The molecule has 3 amide bonds. The number of methoxy groups -OCH3 is 1. The largest absolute Gasteiger partial charge is 0.504 e. The fourth-order valence-electron chi connectivity index (χ4n) is 1.74. The van der Waals surface area contributed by atoms with Gasteiger partial charge in [0.1, 0.15) is 5.54 Å². The summed E-state index contributed by atoms with van der Waals surface area (Å²) in [5, 5.41) is 14.2. The van der Waals surface area contributed by atoms with Gasteiger partial charge in [0.15, 0.2) is 11.5 Å². The van der Waals surface area contributed by atoms with Crippen molar-refractivity contribution < 1.29 is 19.4 Å². The van der Waals surface area contributed by atoms with Crippen molar-refractivity contribution in [3.63, 3.8) is 0 Å². The van der Waals surface area contributed by atoms with Crippen LogP contribution in [-0.2, 0) is 10.3 Å². The lowest BCUT2D eigenvalue weighted by Crippen LogP contribution is -2.40. The highest BCUT2D eigenvalue weighted by Crippen LogP contribution is 2.32. The molecule has 0 bridgehead atoms. The zero-order valence-corrected chi connectivity index (χ0v) is 9.40. The summed E-state index contributed by atoms with van der Waals surface area (Å²) in [6, 6.07) is 3.95. The number of hydrogen-bond donors (Lipinski definition) is 3. The lowest BCUT2D eigenvalue weighted by molar-refractivity contribution is -0.123. The maximum absolute atomic E-state index is 11.7. The second kappa shape index (κ2) is 3.65. The third-order valence-corrected chi connectivity index (χ3v) is 2.80. The van der Waals surface area contributed by atoms with Gasteiger partial charge in [0.05, 0.1) is 7.11 Å². The Morgan fingerprint density at radius 2 is 2.06 bits per heavy atom. The number of urea groups is 1. The monoisotopic (exact) mass is 236 g/mol. The maximum Gasteiger partial charge on any atom is 0.322 e. The molecule has 6 heteroatoms. The number of ether oxygens (including phenoxy) is 1. The second-order valence-electron chi connectivity index (χ2n) is 3.92. The summed E-state index contributed by atoms with van der Waals surface area (Å²) >= 11 is 0. The summed E-state index contributed by atoms with van der Waals surface area (Å²) in [7, 11) is 1.41. The van der Waals surface area contributed by atoms with Crippen LogP contribution in [0.15, 0.2) is 18.2 Å². The first-order valence-electron chi connectivity index (χ1n) is 4.98. The topological polar surface area (TPSA) is 87.7 Å². The molecule has 0 radical (unpaired) electrons. The first-order chi connectivity index (χ1) is 7.97. The van der Waals surface area contributed by atoms with Gasteiger partial charge < -0.3 is 15.2 Å². The molecule has 3 N–H and O–H groups in total.